The first-order valence-electron chi connectivity index (χ1n) is 10.6. The van der Waals surface area contributed by atoms with Gasteiger partial charge in [0.1, 0.15) is 17.4 Å². The van der Waals surface area contributed by atoms with Gasteiger partial charge in [-0.05, 0) is 60.7 Å². The number of fused-ring (bicyclic) bond motifs is 1. The Morgan fingerprint density at radius 1 is 1.12 bits per heavy atom. The molecule has 3 aromatic carbocycles. The van der Waals surface area contributed by atoms with E-state index in [9.17, 15) is 10.1 Å². The molecule has 1 amide bonds. The van der Waals surface area contributed by atoms with Gasteiger partial charge in [0, 0.05) is 50.6 Å². The van der Waals surface area contributed by atoms with Crippen molar-refractivity contribution in [3.8, 4) is 11.8 Å². The third-order valence-corrected chi connectivity index (χ3v) is 6.49. The molecule has 0 fully saturated rings. The fraction of sp³-hybridized carbons (Fsp3) is 0.111. The first kappa shape index (κ1) is 23.5. The third-order valence-electron chi connectivity index (χ3n) is 5.25. The van der Waals surface area contributed by atoms with E-state index in [1.54, 1.807) is 49.2 Å². The van der Waals surface area contributed by atoms with Crippen molar-refractivity contribution in [3.63, 3.8) is 0 Å². The zero-order valence-electron chi connectivity index (χ0n) is 18.5. The van der Waals surface area contributed by atoms with Crippen molar-refractivity contribution < 1.29 is 9.53 Å². The second-order valence-electron chi connectivity index (χ2n) is 7.45. The second kappa shape index (κ2) is 11.0. The Balaban J connectivity index is 1.53. The molecule has 0 saturated carbocycles. The molecule has 170 valence electrons. The summed E-state index contributed by atoms with van der Waals surface area (Å²) in [6.07, 6.45) is 3.63. The molecule has 0 atom stereocenters. The number of halogens is 1. The molecule has 0 aliphatic carbocycles. The number of aromatic nitrogens is 1. The fourth-order valence-electron chi connectivity index (χ4n) is 3.54. The van der Waals surface area contributed by atoms with Gasteiger partial charge in [-0.25, -0.2) is 0 Å². The summed E-state index contributed by atoms with van der Waals surface area (Å²) in [4.78, 5) is 13.9. The number of carbonyl (C=O) groups is 1. The molecule has 5 nitrogen and oxygen atoms in total. The molecule has 1 N–H and O–H groups in total. The first-order valence-corrected chi connectivity index (χ1v) is 12.0. The van der Waals surface area contributed by atoms with Crippen molar-refractivity contribution in [3.05, 3.63) is 95.2 Å². The van der Waals surface area contributed by atoms with Crippen molar-refractivity contribution in [2.75, 3.05) is 18.2 Å². The predicted molar refractivity (Wildman–Crippen MR) is 139 cm³/mol. The summed E-state index contributed by atoms with van der Waals surface area (Å²) in [6.45, 7) is 0.779. The highest BCUT2D eigenvalue weighted by atomic mass is 35.5. The van der Waals surface area contributed by atoms with Crippen LogP contribution in [0.4, 0.5) is 5.69 Å². The quantitative estimate of drug-likeness (QED) is 0.172. The standard InChI is InChI=1S/C27H22ClN3O2S/c1-33-23-10-8-22(9-11-23)30-27(32)19(17-29)16-20-18-31(26-5-3-2-4-25(20)26)14-15-34-24-12-6-21(28)7-13-24/h2-13,16,18H,14-15H2,1H3,(H,30,32)/b19-16-. The van der Waals surface area contributed by atoms with E-state index in [0.717, 1.165) is 38.7 Å². The van der Waals surface area contributed by atoms with Crippen molar-refractivity contribution >= 4 is 51.9 Å². The minimum Gasteiger partial charge on any atom is -0.497 e. The lowest BCUT2D eigenvalue weighted by atomic mass is 10.1. The zero-order valence-corrected chi connectivity index (χ0v) is 20.1. The van der Waals surface area contributed by atoms with Crippen molar-refractivity contribution in [2.24, 2.45) is 0 Å². The van der Waals surface area contributed by atoms with Gasteiger partial charge in [0.05, 0.1) is 7.11 Å². The summed E-state index contributed by atoms with van der Waals surface area (Å²) in [5.41, 5.74) is 2.51. The second-order valence-corrected chi connectivity index (χ2v) is 9.05. The van der Waals surface area contributed by atoms with Gasteiger partial charge in [0.25, 0.3) is 5.91 Å². The van der Waals surface area contributed by atoms with Gasteiger partial charge in [0.2, 0.25) is 0 Å². The Kier molecular flexibility index (Phi) is 7.58. The number of amides is 1. The average Bonchev–Trinajstić information content (AvgIpc) is 3.21. The molecular formula is C27H22ClN3O2S. The van der Waals surface area contributed by atoms with E-state index in [1.807, 2.05) is 60.8 Å². The Hall–Kier alpha value is -3.66. The SMILES string of the molecule is COc1ccc(NC(=O)/C(C#N)=C\c2cn(CCSc3ccc(Cl)cc3)c3ccccc23)cc1. The van der Waals surface area contributed by atoms with Crippen LogP contribution < -0.4 is 10.1 Å². The number of nitriles is 1. The number of anilines is 1. The van der Waals surface area contributed by atoms with Gasteiger partial charge in [0.15, 0.2) is 0 Å². The monoisotopic (exact) mass is 487 g/mol. The smallest absolute Gasteiger partial charge is 0.266 e. The van der Waals surface area contributed by atoms with Crippen LogP contribution in [0, 0.1) is 11.3 Å². The maximum atomic E-state index is 12.7. The van der Waals surface area contributed by atoms with Crippen LogP contribution in [0.3, 0.4) is 0 Å². The predicted octanol–water partition coefficient (Wildman–Crippen LogP) is 6.64. The van der Waals surface area contributed by atoms with Crippen molar-refractivity contribution in [2.45, 2.75) is 11.4 Å². The van der Waals surface area contributed by atoms with E-state index in [-0.39, 0.29) is 5.57 Å². The van der Waals surface area contributed by atoms with Crippen LogP contribution >= 0.6 is 23.4 Å². The Labute approximate surface area is 207 Å². The van der Waals surface area contributed by atoms with Gasteiger partial charge in [-0.1, -0.05) is 29.8 Å². The summed E-state index contributed by atoms with van der Waals surface area (Å²) in [5, 5.41) is 14.1. The number of benzene rings is 3. The number of ether oxygens (including phenoxy) is 1. The number of hydrogen-bond donors (Lipinski definition) is 1. The van der Waals surface area contributed by atoms with Gasteiger partial charge in [-0.15, -0.1) is 11.8 Å². The number of thioether (sulfide) groups is 1. The van der Waals surface area contributed by atoms with Crippen LogP contribution in [-0.4, -0.2) is 23.3 Å². The van der Waals surface area contributed by atoms with Crippen LogP contribution in [0.1, 0.15) is 5.56 Å². The number of carbonyl (C=O) groups excluding carboxylic acids is 1. The number of nitrogens with one attached hydrogen (secondary N) is 1. The minimum atomic E-state index is -0.456. The first-order chi connectivity index (χ1) is 16.6. The number of nitrogens with zero attached hydrogens (tertiary/aromatic N) is 2. The van der Waals surface area contributed by atoms with Gasteiger partial charge in [-0.2, -0.15) is 5.26 Å². The molecule has 34 heavy (non-hydrogen) atoms. The normalized spacial score (nSPS) is 11.3. The van der Waals surface area contributed by atoms with E-state index in [2.05, 4.69) is 9.88 Å². The van der Waals surface area contributed by atoms with Crippen LogP contribution in [-0.2, 0) is 11.3 Å². The topological polar surface area (TPSA) is 67.0 Å². The molecule has 1 heterocycles. The summed E-state index contributed by atoms with van der Waals surface area (Å²) in [5.74, 6) is 1.10. The lowest BCUT2D eigenvalue weighted by Gasteiger charge is -2.05. The van der Waals surface area contributed by atoms with Crippen LogP contribution in [0.15, 0.2) is 89.5 Å². The van der Waals surface area contributed by atoms with Crippen molar-refractivity contribution in [1.82, 2.24) is 4.57 Å². The number of rotatable bonds is 8. The molecule has 4 rings (SSSR count). The molecule has 0 bridgehead atoms. The lowest BCUT2D eigenvalue weighted by Crippen LogP contribution is -2.13. The number of aryl methyl sites for hydroxylation is 1. The number of methoxy groups -OCH3 is 1. The highest BCUT2D eigenvalue weighted by molar-refractivity contribution is 7.99. The molecule has 0 saturated heterocycles. The average molecular weight is 488 g/mol. The maximum absolute atomic E-state index is 12.7. The van der Waals surface area contributed by atoms with E-state index >= 15 is 0 Å². The molecular weight excluding hydrogens is 466 g/mol. The summed E-state index contributed by atoms with van der Waals surface area (Å²) in [7, 11) is 1.58. The Morgan fingerprint density at radius 2 is 1.85 bits per heavy atom. The van der Waals surface area contributed by atoms with E-state index in [1.165, 1.54) is 0 Å². The molecule has 0 unspecified atom stereocenters. The van der Waals surface area contributed by atoms with Gasteiger partial charge >= 0.3 is 0 Å². The van der Waals surface area contributed by atoms with Gasteiger partial charge < -0.3 is 14.6 Å². The van der Waals surface area contributed by atoms with E-state index in [0.29, 0.717) is 11.4 Å². The minimum absolute atomic E-state index is 0.0364. The zero-order chi connectivity index (χ0) is 23.9. The maximum Gasteiger partial charge on any atom is 0.266 e. The van der Waals surface area contributed by atoms with E-state index in [4.69, 9.17) is 16.3 Å². The Morgan fingerprint density at radius 3 is 2.56 bits per heavy atom. The molecule has 1 aromatic heterocycles. The van der Waals surface area contributed by atoms with E-state index < -0.39 is 5.91 Å². The molecule has 0 aliphatic heterocycles. The number of hydrogen-bond acceptors (Lipinski definition) is 4. The summed E-state index contributed by atoms with van der Waals surface area (Å²) < 4.78 is 7.29. The summed E-state index contributed by atoms with van der Waals surface area (Å²) >= 11 is 7.72. The summed E-state index contributed by atoms with van der Waals surface area (Å²) in [6, 6.07) is 24.8. The highest BCUT2D eigenvalue weighted by Gasteiger charge is 2.13. The largest absolute Gasteiger partial charge is 0.497 e. The molecule has 0 aliphatic rings. The fourth-order valence-corrected chi connectivity index (χ4v) is 4.52. The van der Waals surface area contributed by atoms with Crippen LogP contribution in [0.5, 0.6) is 5.75 Å². The Bertz CT molecular complexity index is 1370. The highest BCUT2D eigenvalue weighted by Crippen LogP contribution is 2.26. The lowest BCUT2D eigenvalue weighted by molar-refractivity contribution is -0.112. The van der Waals surface area contributed by atoms with Crippen LogP contribution in [0.25, 0.3) is 17.0 Å². The number of para-hydroxylation sites is 1. The molecule has 7 heteroatoms. The van der Waals surface area contributed by atoms with Crippen molar-refractivity contribution in [1.29, 1.82) is 5.26 Å². The molecule has 0 spiro atoms. The third kappa shape index (κ3) is 5.63. The van der Waals surface area contributed by atoms with Gasteiger partial charge in [-0.3, -0.25) is 4.79 Å². The molecule has 0 radical (unpaired) electrons. The molecule has 4 aromatic rings. The van der Waals surface area contributed by atoms with Crippen LogP contribution in [0.2, 0.25) is 5.02 Å².